The number of methoxy groups -OCH3 is 1. The van der Waals surface area contributed by atoms with Crippen LogP contribution in [0, 0.1) is 0 Å². The first kappa shape index (κ1) is 33.3. The minimum atomic E-state index is -0.947. The molecule has 0 aliphatic heterocycles. The summed E-state index contributed by atoms with van der Waals surface area (Å²) in [7, 11) is 1.56. The van der Waals surface area contributed by atoms with Gasteiger partial charge in [0.2, 0.25) is 0 Å². The molecule has 240 valence electrons. The number of carbonyl (C=O) groups excluding carboxylic acids is 2. The number of amides is 2. The largest absolute Gasteiger partial charge is 0.493 e. The molecule has 0 aromatic heterocycles. The second-order valence-corrected chi connectivity index (χ2v) is 11.5. The van der Waals surface area contributed by atoms with Crippen LogP contribution < -0.4 is 25.0 Å². The molecule has 2 atom stereocenters. The van der Waals surface area contributed by atoms with Crippen molar-refractivity contribution < 1.29 is 23.8 Å². The van der Waals surface area contributed by atoms with Crippen LogP contribution in [0.25, 0.3) is 10.8 Å². The molecule has 0 saturated heterocycles. The van der Waals surface area contributed by atoms with Gasteiger partial charge in [-0.15, -0.1) is 0 Å². The van der Waals surface area contributed by atoms with E-state index in [9.17, 15) is 9.59 Å². The van der Waals surface area contributed by atoms with E-state index in [1.807, 2.05) is 54.6 Å². The van der Waals surface area contributed by atoms with Crippen molar-refractivity contribution in [2.45, 2.75) is 32.1 Å². The molecule has 2 N–H and O–H groups in total. The van der Waals surface area contributed by atoms with Crippen molar-refractivity contribution >= 4 is 52.0 Å². The van der Waals surface area contributed by atoms with Crippen LogP contribution in [-0.2, 0) is 22.6 Å². The SMILES string of the molecule is COc1cc(/C=N\NC(=O)[C@@H](Cc2ccccc2)NC(=O)[C@@H](C)Oc2ccc(Cl)cc2Cl)ccc1OCc1cccc2ccccc12. The Balaban J connectivity index is 1.23. The molecular formula is C37H33Cl2N3O5. The smallest absolute Gasteiger partial charge is 0.262 e. The Bertz CT molecular complexity index is 1880. The second-order valence-electron chi connectivity index (χ2n) is 10.7. The van der Waals surface area contributed by atoms with Gasteiger partial charge in [0.25, 0.3) is 11.8 Å². The first-order valence-electron chi connectivity index (χ1n) is 14.9. The van der Waals surface area contributed by atoms with Crippen LogP contribution in [0.5, 0.6) is 17.2 Å². The lowest BCUT2D eigenvalue weighted by Crippen LogP contribution is -2.50. The van der Waals surface area contributed by atoms with Crippen LogP contribution in [0.2, 0.25) is 10.0 Å². The highest BCUT2D eigenvalue weighted by atomic mass is 35.5. The number of benzene rings is 5. The van der Waals surface area contributed by atoms with Gasteiger partial charge in [-0.25, -0.2) is 5.43 Å². The van der Waals surface area contributed by atoms with Crippen LogP contribution in [0.4, 0.5) is 0 Å². The first-order chi connectivity index (χ1) is 22.8. The lowest BCUT2D eigenvalue weighted by atomic mass is 10.1. The molecule has 0 aliphatic carbocycles. The molecule has 0 bridgehead atoms. The molecule has 5 aromatic rings. The van der Waals surface area contributed by atoms with Gasteiger partial charge in [0.1, 0.15) is 18.4 Å². The van der Waals surface area contributed by atoms with E-state index in [2.05, 4.69) is 34.0 Å². The summed E-state index contributed by atoms with van der Waals surface area (Å²) in [6.45, 7) is 1.94. The Morgan fingerprint density at radius 1 is 0.830 bits per heavy atom. The van der Waals surface area contributed by atoms with Crippen LogP contribution >= 0.6 is 23.2 Å². The molecule has 0 fully saturated rings. The zero-order valence-corrected chi connectivity index (χ0v) is 27.3. The Morgan fingerprint density at radius 2 is 1.57 bits per heavy atom. The number of halogens is 2. The van der Waals surface area contributed by atoms with Crippen molar-refractivity contribution in [2.24, 2.45) is 5.10 Å². The van der Waals surface area contributed by atoms with E-state index in [1.54, 1.807) is 44.4 Å². The van der Waals surface area contributed by atoms with Gasteiger partial charge in [-0.05, 0) is 70.8 Å². The molecule has 47 heavy (non-hydrogen) atoms. The predicted octanol–water partition coefficient (Wildman–Crippen LogP) is 7.38. The average Bonchev–Trinajstić information content (AvgIpc) is 3.08. The fourth-order valence-electron chi connectivity index (χ4n) is 4.87. The lowest BCUT2D eigenvalue weighted by molar-refractivity contribution is -0.132. The summed E-state index contributed by atoms with van der Waals surface area (Å²) in [5, 5.41) is 9.90. The maximum Gasteiger partial charge on any atom is 0.262 e. The molecule has 10 heteroatoms. The Morgan fingerprint density at radius 3 is 2.36 bits per heavy atom. The molecule has 5 rings (SSSR count). The van der Waals surface area contributed by atoms with Crippen LogP contribution in [0.1, 0.15) is 23.6 Å². The highest BCUT2D eigenvalue weighted by molar-refractivity contribution is 6.35. The van der Waals surface area contributed by atoms with Crippen LogP contribution in [0.15, 0.2) is 114 Å². The van der Waals surface area contributed by atoms with Gasteiger partial charge >= 0.3 is 0 Å². The Kier molecular flexibility index (Phi) is 11.3. The molecule has 2 amide bonds. The topological polar surface area (TPSA) is 98.2 Å². The monoisotopic (exact) mass is 669 g/mol. The summed E-state index contributed by atoms with van der Waals surface area (Å²) in [5.74, 6) is 0.387. The average molecular weight is 671 g/mol. The van der Waals surface area contributed by atoms with E-state index in [4.69, 9.17) is 37.4 Å². The molecule has 8 nitrogen and oxygen atoms in total. The standard InChI is InChI=1S/C37H33Cl2N3O5/c1-24(47-33-18-16-29(38)21-31(33)39)36(43)41-32(19-25-9-4-3-5-10-25)37(44)42-40-22-26-15-17-34(35(20-26)45-2)46-23-28-13-8-12-27-11-6-7-14-30(27)28/h3-18,20-22,24,32H,19,23H2,1-2H3,(H,41,43)(H,42,44)/b40-22-/t24-,32-/m1/s1. The van der Waals surface area contributed by atoms with Crippen LogP contribution in [-0.4, -0.2) is 37.3 Å². The Hall–Kier alpha value is -5.05. The molecule has 0 unspecified atom stereocenters. The van der Waals surface area contributed by atoms with Gasteiger partial charge in [0.15, 0.2) is 17.6 Å². The molecule has 0 heterocycles. The number of hydrazone groups is 1. The number of carbonyl (C=O) groups is 2. The molecule has 0 radical (unpaired) electrons. The van der Waals surface area contributed by atoms with Crippen molar-refractivity contribution in [3.63, 3.8) is 0 Å². The molecular weight excluding hydrogens is 637 g/mol. The first-order valence-corrected chi connectivity index (χ1v) is 15.6. The molecule has 0 spiro atoms. The number of rotatable bonds is 13. The molecule has 5 aromatic carbocycles. The highest BCUT2D eigenvalue weighted by Gasteiger charge is 2.25. The van der Waals surface area contributed by atoms with Crippen molar-refractivity contribution in [3.8, 4) is 17.2 Å². The fraction of sp³-hybridized carbons (Fsp3) is 0.162. The number of ether oxygens (including phenoxy) is 3. The van der Waals surface area contributed by atoms with Gasteiger partial charge in [0.05, 0.1) is 18.3 Å². The van der Waals surface area contributed by atoms with Crippen molar-refractivity contribution in [1.82, 2.24) is 10.7 Å². The van der Waals surface area contributed by atoms with Gasteiger partial charge in [0, 0.05) is 11.4 Å². The summed E-state index contributed by atoms with van der Waals surface area (Å²) < 4.78 is 17.4. The summed E-state index contributed by atoms with van der Waals surface area (Å²) in [5.41, 5.74) is 5.13. The zero-order valence-electron chi connectivity index (χ0n) is 25.8. The van der Waals surface area contributed by atoms with Crippen molar-refractivity contribution in [1.29, 1.82) is 0 Å². The predicted molar refractivity (Wildman–Crippen MR) is 186 cm³/mol. The van der Waals surface area contributed by atoms with E-state index in [0.29, 0.717) is 34.4 Å². The third-order valence-electron chi connectivity index (χ3n) is 7.32. The fourth-order valence-corrected chi connectivity index (χ4v) is 5.32. The highest BCUT2D eigenvalue weighted by Crippen LogP contribution is 2.30. The van der Waals surface area contributed by atoms with E-state index < -0.39 is 24.0 Å². The lowest BCUT2D eigenvalue weighted by Gasteiger charge is -2.21. The Labute approximate surface area is 283 Å². The maximum absolute atomic E-state index is 13.3. The number of hydrogen-bond acceptors (Lipinski definition) is 6. The van der Waals surface area contributed by atoms with E-state index in [0.717, 1.165) is 21.9 Å². The maximum atomic E-state index is 13.3. The summed E-state index contributed by atoms with van der Waals surface area (Å²) in [4.78, 5) is 26.4. The van der Waals surface area contributed by atoms with Crippen LogP contribution in [0.3, 0.4) is 0 Å². The number of nitrogens with zero attached hydrogens (tertiary/aromatic N) is 1. The van der Waals surface area contributed by atoms with E-state index in [-0.39, 0.29) is 11.4 Å². The summed E-state index contributed by atoms with van der Waals surface area (Å²) in [6.07, 6.45) is 0.779. The van der Waals surface area contributed by atoms with Gasteiger partial charge in [-0.3, -0.25) is 9.59 Å². The minimum Gasteiger partial charge on any atom is -0.493 e. The van der Waals surface area contributed by atoms with Gasteiger partial charge in [-0.2, -0.15) is 5.10 Å². The third kappa shape index (κ3) is 9.03. The molecule has 0 aliphatic rings. The third-order valence-corrected chi connectivity index (χ3v) is 7.85. The van der Waals surface area contributed by atoms with Crippen molar-refractivity contribution in [2.75, 3.05) is 7.11 Å². The van der Waals surface area contributed by atoms with Gasteiger partial charge in [-0.1, -0.05) is 96.0 Å². The number of fused-ring (bicyclic) bond motifs is 1. The van der Waals surface area contributed by atoms with E-state index in [1.165, 1.54) is 12.3 Å². The zero-order chi connectivity index (χ0) is 33.2. The number of nitrogens with one attached hydrogen (secondary N) is 2. The summed E-state index contributed by atoms with van der Waals surface area (Å²) >= 11 is 12.2. The van der Waals surface area contributed by atoms with Gasteiger partial charge < -0.3 is 19.5 Å². The number of hydrogen-bond donors (Lipinski definition) is 2. The second kappa shape index (κ2) is 16.0. The summed E-state index contributed by atoms with van der Waals surface area (Å²) in [6, 6.07) is 32.8. The molecule has 0 saturated carbocycles. The van der Waals surface area contributed by atoms with Crippen molar-refractivity contribution in [3.05, 3.63) is 136 Å². The normalized spacial score (nSPS) is 12.3. The quantitative estimate of drug-likeness (QED) is 0.101. The van der Waals surface area contributed by atoms with E-state index >= 15 is 0 Å². The minimum absolute atomic E-state index is 0.235.